The van der Waals surface area contributed by atoms with Crippen molar-refractivity contribution in [2.75, 3.05) is 0 Å². The van der Waals surface area contributed by atoms with Crippen LogP contribution in [0.3, 0.4) is 0 Å². The molecule has 6 aromatic rings. The van der Waals surface area contributed by atoms with Crippen molar-refractivity contribution in [1.29, 1.82) is 0 Å². The highest BCUT2D eigenvalue weighted by molar-refractivity contribution is 7.25. The summed E-state index contributed by atoms with van der Waals surface area (Å²) in [4.78, 5) is 0. The minimum absolute atomic E-state index is 0.962. The molecule has 0 amide bonds. The van der Waals surface area contributed by atoms with Crippen LogP contribution in [0.1, 0.15) is 0 Å². The summed E-state index contributed by atoms with van der Waals surface area (Å²) < 4.78 is 8.41. The lowest BCUT2D eigenvalue weighted by Gasteiger charge is -1.88. The van der Waals surface area contributed by atoms with Gasteiger partial charge in [0.25, 0.3) is 0 Å². The van der Waals surface area contributed by atoms with Gasteiger partial charge in [-0.2, -0.15) is 0 Å². The molecule has 2 heteroatoms. The molecule has 0 N–H and O–H groups in total. The van der Waals surface area contributed by atoms with Crippen LogP contribution in [0.25, 0.3) is 42.1 Å². The molecule has 2 heterocycles. The maximum absolute atomic E-state index is 5.65. The molecule has 0 radical (unpaired) electrons. The predicted molar refractivity (Wildman–Crippen MR) is 113 cm³/mol. The average molecular weight is 352 g/mol. The Morgan fingerprint density at radius 2 is 0.808 bits per heavy atom. The van der Waals surface area contributed by atoms with Crippen molar-refractivity contribution in [3.05, 3.63) is 97.1 Å². The van der Waals surface area contributed by atoms with Crippen LogP contribution in [0.4, 0.5) is 0 Å². The van der Waals surface area contributed by atoms with Crippen molar-refractivity contribution in [3.8, 4) is 0 Å². The Kier molecular flexibility index (Phi) is 3.69. The van der Waals surface area contributed by atoms with Gasteiger partial charge in [0.1, 0.15) is 11.2 Å². The first-order valence-corrected chi connectivity index (χ1v) is 9.44. The van der Waals surface area contributed by atoms with E-state index in [0.29, 0.717) is 0 Å². The smallest absolute Gasteiger partial charge is 0.135 e. The van der Waals surface area contributed by atoms with Crippen LogP contribution in [-0.4, -0.2) is 0 Å². The van der Waals surface area contributed by atoms with Crippen LogP contribution in [0.2, 0.25) is 0 Å². The molecule has 0 bridgehead atoms. The number of fused-ring (bicyclic) bond motifs is 6. The molecule has 0 atom stereocenters. The summed E-state index contributed by atoms with van der Waals surface area (Å²) in [6.45, 7) is 0. The fourth-order valence-electron chi connectivity index (χ4n) is 3.35. The molecule has 26 heavy (non-hydrogen) atoms. The molecule has 0 aliphatic carbocycles. The topological polar surface area (TPSA) is 13.1 Å². The Labute approximate surface area is 155 Å². The second kappa shape index (κ2) is 6.32. The summed E-state index contributed by atoms with van der Waals surface area (Å²) in [5.74, 6) is 0. The summed E-state index contributed by atoms with van der Waals surface area (Å²) >= 11 is 1.86. The normalized spacial score (nSPS) is 11.1. The zero-order valence-corrected chi connectivity index (χ0v) is 14.9. The Hall–Kier alpha value is -3.10. The number of rotatable bonds is 0. The summed E-state index contributed by atoms with van der Waals surface area (Å²) in [6, 6.07) is 33.3. The van der Waals surface area contributed by atoms with Gasteiger partial charge in [-0.1, -0.05) is 72.8 Å². The first-order chi connectivity index (χ1) is 12.9. The maximum atomic E-state index is 5.65. The third-order valence-electron chi connectivity index (χ3n) is 4.57. The Morgan fingerprint density at radius 3 is 1.31 bits per heavy atom. The summed E-state index contributed by atoms with van der Waals surface area (Å²) in [5, 5.41) is 5.14. The van der Waals surface area contributed by atoms with E-state index in [1.165, 1.54) is 30.9 Å². The van der Waals surface area contributed by atoms with Gasteiger partial charge >= 0.3 is 0 Å². The van der Waals surface area contributed by atoms with E-state index in [2.05, 4.69) is 60.7 Å². The van der Waals surface area contributed by atoms with Crippen molar-refractivity contribution in [1.82, 2.24) is 0 Å². The second-order valence-corrected chi connectivity index (χ2v) is 7.27. The fourth-order valence-corrected chi connectivity index (χ4v) is 4.46. The number of para-hydroxylation sites is 2. The van der Waals surface area contributed by atoms with E-state index in [1.807, 2.05) is 47.7 Å². The van der Waals surface area contributed by atoms with E-state index in [0.717, 1.165) is 11.2 Å². The van der Waals surface area contributed by atoms with Gasteiger partial charge in [-0.15, -0.1) is 11.3 Å². The largest absolute Gasteiger partial charge is 0.456 e. The number of benzene rings is 4. The van der Waals surface area contributed by atoms with E-state index in [4.69, 9.17) is 4.42 Å². The lowest BCUT2D eigenvalue weighted by molar-refractivity contribution is 0.669. The summed E-state index contributed by atoms with van der Waals surface area (Å²) in [6.07, 6.45) is 0. The molecule has 0 unspecified atom stereocenters. The highest BCUT2D eigenvalue weighted by Gasteiger charge is 2.03. The van der Waals surface area contributed by atoms with Gasteiger partial charge in [-0.05, 0) is 24.3 Å². The van der Waals surface area contributed by atoms with Gasteiger partial charge < -0.3 is 4.42 Å². The fraction of sp³-hybridized carbons (Fsp3) is 0. The molecule has 124 valence electrons. The quantitative estimate of drug-likeness (QED) is 0.274. The summed E-state index contributed by atoms with van der Waals surface area (Å²) in [5.41, 5.74) is 1.92. The third kappa shape index (κ3) is 2.56. The van der Waals surface area contributed by atoms with E-state index in [-0.39, 0.29) is 0 Å². The van der Waals surface area contributed by atoms with E-state index in [9.17, 15) is 0 Å². The van der Waals surface area contributed by atoms with Crippen LogP contribution in [-0.2, 0) is 0 Å². The molecule has 6 rings (SSSR count). The van der Waals surface area contributed by atoms with Crippen LogP contribution in [0.5, 0.6) is 0 Å². The highest BCUT2D eigenvalue weighted by Crippen LogP contribution is 2.33. The molecule has 2 aromatic heterocycles. The Bertz CT molecular complexity index is 1130. The van der Waals surface area contributed by atoms with Gasteiger partial charge in [0.05, 0.1) is 0 Å². The van der Waals surface area contributed by atoms with Gasteiger partial charge in [0.15, 0.2) is 0 Å². The molecule has 4 aromatic carbocycles. The molecule has 0 saturated heterocycles. The lowest BCUT2D eigenvalue weighted by Crippen LogP contribution is -1.62. The van der Waals surface area contributed by atoms with Crippen molar-refractivity contribution >= 4 is 53.4 Å². The molecular weight excluding hydrogens is 336 g/mol. The third-order valence-corrected chi connectivity index (χ3v) is 5.72. The Morgan fingerprint density at radius 1 is 0.423 bits per heavy atom. The van der Waals surface area contributed by atoms with Crippen molar-refractivity contribution in [2.45, 2.75) is 0 Å². The van der Waals surface area contributed by atoms with Crippen LogP contribution >= 0.6 is 11.3 Å². The number of thiophene rings is 1. The molecule has 0 aliphatic rings. The zero-order valence-electron chi connectivity index (χ0n) is 14.1. The SMILES string of the molecule is c1ccc2c(c1)oc1ccccc12.c1ccc2c(c1)sc1ccccc12. The van der Waals surface area contributed by atoms with Crippen molar-refractivity contribution in [2.24, 2.45) is 0 Å². The van der Waals surface area contributed by atoms with Gasteiger partial charge in [0, 0.05) is 30.9 Å². The highest BCUT2D eigenvalue weighted by atomic mass is 32.1. The monoisotopic (exact) mass is 352 g/mol. The average Bonchev–Trinajstić information content (AvgIpc) is 3.27. The van der Waals surface area contributed by atoms with Crippen LogP contribution in [0.15, 0.2) is 101 Å². The van der Waals surface area contributed by atoms with Gasteiger partial charge in [0.2, 0.25) is 0 Å². The minimum Gasteiger partial charge on any atom is -0.456 e. The second-order valence-electron chi connectivity index (χ2n) is 6.19. The molecule has 0 spiro atoms. The molecule has 0 aliphatic heterocycles. The first-order valence-electron chi connectivity index (χ1n) is 8.63. The number of hydrogen-bond acceptors (Lipinski definition) is 2. The molecule has 0 saturated carbocycles. The van der Waals surface area contributed by atoms with Crippen molar-refractivity contribution in [3.63, 3.8) is 0 Å². The standard InChI is InChI=1S/C12H8O.C12H8S/c2*1-3-7-11-9(5-1)10-6-2-4-8-12(10)13-11/h2*1-8H. The number of furan rings is 1. The van der Waals surface area contributed by atoms with E-state index < -0.39 is 0 Å². The maximum Gasteiger partial charge on any atom is 0.135 e. The van der Waals surface area contributed by atoms with Crippen LogP contribution < -0.4 is 0 Å². The lowest BCUT2D eigenvalue weighted by atomic mass is 10.2. The minimum atomic E-state index is 0.962. The van der Waals surface area contributed by atoms with E-state index >= 15 is 0 Å². The van der Waals surface area contributed by atoms with Gasteiger partial charge in [-0.3, -0.25) is 0 Å². The van der Waals surface area contributed by atoms with E-state index in [1.54, 1.807) is 0 Å². The Balaban J connectivity index is 0.000000115. The summed E-state index contributed by atoms with van der Waals surface area (Å²) in [7, 11) is 0. The predicted octanol–water partition coefficient (Wildman–Crippen LogP) is 7.64. The molecule has 0 fully saturated rings. The molecular formula is C24H16OS. The first kappa shape index (κ1) is 15.2. The van der Waals surface area contributed by atoms with Crippen LogP contribution in [0, 0.1) is 0 Å². The number of hydrogen-bond donors (Lipinski definition) is 0. The van der Waals surface area contributed by atoms with Gasteiger partial charge in [-0.25, -0.2) is 0 Å². The molecule has 1 nitrogen and oxygen atoms in total. The van der Waals surface area contributed by atoms with Crippen molar-refractivity contribution < 1.29 is 4.42 Å². The zero-order chi connectivity index (χ0) is 17.3.